The lowest BCUT2D eigenvalue weighted by Gasteiger charge is -2.27. The van der Waals surface area contributed by atoms with E-state index in [-0.39, 0.29) is 30.8 Å². The van der Waals surface area contributed by atoms with E-state index in [9.17, 15) is 9.59 Å². The number of carbonyl (C=O) groups is 2. The Morgan fingerprint density at radius 2 is 2.00 bits per heavy atom. The molecular formula is C16H22N2O3. The summed E-state index contributed by atoms with van der Waals surface area (Å²) >= 11 is 0. The molecule has 21 heavy (non-hydrogen) atoms. The summed E-state index contributed by atoms with van der Waals surface area (Å²) in [6, 6.07) is 7.38. The Bertz CT molecular complexity index is 513. The molecule has 1 aromatic carbocycles. The van der Waals surface area contributed by atoms with E-state index in [4.69, 9.17) is 5.11 Å². The van der Waals surface area contributed by atoms with Gasteiger partial charge in [0.1, 0.15) is 0 Å². The van der Waals surface area contributed by atoms with Gasteiger partial charge in [0.15, 0.2) is 0 Å². The number of hydrogen-bond donors (Lipinski definition) is 2. The largest absolute Gasteiger partial charge is 0.481 e. The van der Waals surface area contributed by atoms with E-state index in [1.807, 2.05) is 38.1 Å². The van der Waals surface area contributed by atoms with E-state index in [2.05, 4.69) is 5.32 Å². The number of rotatable bonds is 5. The lowest BCUT2D eigenvalue weighted by atomic mass is 10.0. The predicted octanol–water partition coefficient (Wildman–Crippen LogP) is 1.80. The Morgan fingerprint density at radius 1 is 1.33 bits per heavy atom. The summed E-state index contributed by atoms with van der Waals surface area (Å²) < 4.78 is 0. The van der Waals surface area contributed by atoms with Crippen LogP contribution in [0.2, 0.25) is 0 Å². The van der Waals surface area contributed by atoms with E-state index < -0.39 is 5.97 Å². The van der Waals surface area contributed by atoms with Gasteiger partial charge in [-0.1, -0.05) is 24.6 Å². The fourth-order valence-electron chi connectivity index (χ4n) is 2.63. The van der Waals surface area contributed by atoms with Crippen molar-refractivity contribution in [2.45, 2.75) is 32.7 Å². The zero-order valence-corrected chi connectivity index (χ0v) is 12.5. The first kappa shape index (κ1) is 15.5. The fourth-order valence-corrected chi connectivity index (χ4v) is 2.63. The molecule has 2 N–H and O–H groups in total. The Labute approximate surface area is 125 Å². The molecule has 1 aromatic rings. The highest BCUT2D eigenvalue weighted by molar-refractivity contribution is 5.98. The van der Waals surface area contributed by atoms with E-state index in [1.54, 1.807) is 4.90 Å². The topological polar surface area (TPSA) is 69.6 Å². The van der Waals surface area contributed by atoms with E-state index in [0.717, 1.165) is 24.2 Å². The van der Waals surface area contributed by atoms with Crippen LogP contribution in [0.3, 0.4) is 0 Å². The van der Waals surface area contributed by atoms with Crippen LogP contribution < -0.4 is 10.2 Å². The summed E-state index contributed by atoms with van der Waals surface area (Å²) in [6.07, 6.45) is 0.914. The van der Waals surface area contributed by atoms with Crippen LogP contribution in [0, 0.1) is 12.8 Å². The van der Waals surface area contributed by atoms with Gasteiger partial charge in [0.2, 0.25) is 5.91 Å². The standard InChI is InChI=1S/C16H22N2O3/c1-11-3-5-13(6-4-11)18(10-8-14(19)20)16(21)15-12(2)7-9-17-15/h3-6,12,15,17H,7-10H2,1-2H3,(H,19,20). The molecule has 1 aliphatic rings. The van der Waals surface area contributed by atoms with Gasteiger partial charge in [-0.2, -0.15) is 0 Å². The number of aryl methyl sites for hydroxylation is 1. The van der Waals surface area contributed by atoms with Crippen LogP contribution in [-0.4, -0.2) is 36.1 Å². The summed E-state index contributed by atoms with van der Waals surface area (Å²) in [5, 5.41) is 12.1. The van der Waals surface area contributed by atoms with E-state index in [0.29, 0.717) is 0 Å². The molecule has 0 bridgehead atoms. The molecule has 2 rings (SSSR count). The number of nitrogens with zero attached hydrogens (tertiary/aromatic N) is 1. The summed E-state index contributed by atoms with van der Waals surface area (Å²) in [7, 11) is 0. The summed E-state index contributed by atoms with van der Waals surface area (Å²) in [6.45, 7) is 5.06. The minimum atomic E-state index is -0.896. The van der Waals surface area contributed by atoms with Crippen molar-refractivity contribution in [2.75, 3.05) is 18.0 Å². The zero-order valence-electron chi connectivity index (χ0n) is 12.5. The monoisotopic (exact) mass is 290 g/mol. The van der Waals surface area contributed by atoms with Crippen molar-refractivity contribution in [3.05, 3.63) is 29.8 Å². The molecule has 1 heterocycles. The number of aliphatic carboxylic acids is 1. The maximum atomic E-state index is 12.7. The number of benzene rings is 1. The first-order valence-electron chi connectivity index (χ1n) is 7.32. The second-order valence-electron chi connectivity index (χ2n) is 5.67. The number of nitrogens with one attached hydrogen (secondary N) is 1. The van der Waals surface area contributed by atoms with Crippen LogP contribution >= 0.6 is 0 Å². The third-order valence-electron chi connectivity index (χ3n) is 3.96. The van der Waals surface area contributed by atoms with Crippen molar-refractivity contribution in [2.24, 2.45) is 5.92 Å². The van der Waals surface area contributed by atoms with Crippen molar-refractivity contribution in [3.8, 4) is 0 Å². The smallest absolute Gasteiger partial charge is 0.305 e. The lowest BCUT2D eigenvalue weighted by molar-refractivity contribution is -0.136. The van der Waals surface area contributed by atoms with Gasteiger partial charge in [0.05, 0.1) is 12.5 Å². The lowest BCUT2D eigenvalue weighted by Crippen LogP contribution is -2.46. The van der Waals surface area contributed by atoms with Crippen molar-refractivity contribution in [1.82, 2.24) is 5.32 Å². The summed E-state index contributed by atoms with van der Waals surface area (Å²) in [5.74, 6) is -0.660. The van der Waals surface area contributed by atoms with E-state index >= 15 is 0 Å². The van der Waals surface area contributed by atoms with Crippen LogP contribution in [-0.2, 0) is 9.59 Å². The third kappa shape index (κ3) is 3.82. The van der Waals surface area contributed by atoms with Crippen molar-refractivity contribution >= 4 is 17.6 Å². The Kier molecular flexibility index (Phi) is 4.96. The second kappa shape index (κ2) is 6.72. The van der Waals surface area contributed by atoms with Gasteiger partial charge in [-0.25, -0.2) is 0 Å². The SMILES string of the molecule is Cc1ccc(N(CCC(=O)O)C(=O)C2NCCC2C)cc1. The molecule has 5 nitrogen and oxygen atoms in total. The minimum absolute atomic E-state index is 0.0369. The minimum Gasteiger partial charge on any atom is -0.481 e. The highest BCUT2D eigenvalue weighted by Gasteiger charge is 2.33. The van der Waals surface area contributed by atoms with Crippen LogP contribution in [0.25, 0.3) is 0 Å². The molecule has 0 aliphatic carbocycles. The maximum Gasteiger partial charge on any atom is 0.305 e. The van der Waals surface area contributed by atoms with Gasteiger partial charge < -0.3 is 15.3 Å². The Balaban J connectivity index is 2.20. The highest BCUT2D eigenvalue weighted by Crippen LogP contribution is 2.22. The Hall–Kier alpha value is -1.88. The molecule has 0 radical (unpaired) electrons. The molecule has 1 saturated heterocycles. The summed E-state index contributed by atoms with van der Waals surface area (Å²) in [5.41, 5.74) is 1.87. The number of carbonyl (C=O) groups excluding carboxylic acids is 1. The number of carboxylic acids is 1. The quantitative estimate of drug-likeness (QED) is 0.867. The first-order valence-corrected chi connectivity index (χ1v) is 7.32. The number of anilines is 1. The molecular weight excluding hydrogens is 268 g/mol. The Morgan fingerprint density at radius 3 is 2.52 bits per heavy atom. The highest BCUT2D eigenvalue weighted by atomic mass is 16.4. The van der Waals surface area contributed by atoms with Gasteiger partial charge in [-0.05, 0) is 37.9 Å². The molecule has 114 valence electrons. The third-order valence-corrected chi connectivity index (χ3v) is 3.96. The van der Waals surface area contributed by atoms with Crippen molar-refractivity contribution in [3.63, 3.8) is 0 Å². The second-order valence-corrected chi connectivity index (χ2v) is 5.67. The van der Waals surface area contributed by atoms with Gasteiger partial charge in [-0.3, -0.25) is 9.59 Å². The zero-order chi connectivity index (χ0) is 15.4. The molecule has 2 unspecified atom stereocenters. The van der Waals surface area contributed by atoms with Crippen LogP contribution in [0.4, 0.5) is 5.69 Å². The molecule has 0 spiro atoms. The van der Waals surface area contributed by atoms with E-state index in [1.165, 1.54) is 0 Å². The predicted molar refractivity (Wildman–Crippen MR) is 81.4 cm³/mol. The van der Waals surface area contributed by atoms with Gasteiger partial charge in [0, 0.05) is 12.2 Å². The molecule has 1 amide bonds. The number of carboxylic acid groups (broad SMARTS) is 1. The van der Waals surface area contributed by atoms with Crippen LogP contribution in [0.1, 0.15) is 25.3 Å². The van der Waals surface area contributed by atoms with Gasteiger partial charge >= 0.3 is 5.97 Å². The van der Waals surface area contributed by atoms with Crippen LogP contribution in [0.15, 0.2) is 24.3 Å². The summed E-state index contributed by atoms with van der Waals surface area (Å²) in [4.78, 5) is 25.2. The van der Waals surface area contributed by atoms with Gasteiger partial charge in [0.25, 0.3) is 0 Å². The number of amides is 1. The average molecular weight is 290 g/mol. The van der Waals surface area contributed by atoms with Crippen molar-refractivity contribution < 1.29 is 14.7 Å². The number of hydrogen-bond acceptors (Lipinski definition) is 3. The first-order chi connectivity index (χ1) is 9.99. The normalized spacial score (nSPS) is 21.2. The van der Waals surface area contributed by atoms with Crippen molar-refractivity contribution in [1.29, 1.82) is 0 Å². The van der Waals surface area contributed by atoms with Crippen LogP contribution in [0.5, 0.6) is 0 Å². The fraction of sp³-hybridized carbons (Fsp3) is 0.500. The molecule has 1 fully saturated rings. The molecule has 5 heteroatoms. The molecule has 0 aromatic heterocycles. The average Bonchev–Trinajstić information content (AvgIpc) is 2.86. The maximum absolute atomic E-state index is 12.7. The van der Waals surface area contributed by atoms with Gasteiger partial charge in [-0.15, -0.1) is 0 Å². The molecule has 0 saturated carbocycles. The molecule has 2 atom stereocenters. The molecule has 1 aliphatic heterocycles.